The molecule has 27 heavy (non-hydrogen) atoms. The maximum Gasteiger partial charge on any atom is 0.193 e. The first-order valence-electron chi connectivity index (χ1n) is 8.76. The summed E-state index contributed by atoms with van der Waals surface area (Å²) in [5.74, 6) is 0.0752. The average molecular weight is 369 g/mol. The van der Waals surface area contributed by atoms with Crippen LogP contribution < -0.4 is 0 Å². The second-order valence-electron chi connectivity index (χ2n) is 5.79. The summed E-state index contributed by atoms with van der Waals surface area (Å²) in [6, 6.07) is 39.4. The molecular formula is C25H20OS. The molecule has 0 amide bonds. The summed E-state index contributed by atoms with van der Waals surface area (Å²) < 4.78 is 0. The van der Waals surface area contributed by atoms with Gasteiger partial charge in [-0.3, -0.25) is 4.79 Å². The van der Waals surface area contributed by atoms with E-state index < -0.39 is 0 Å². The molecule has 4 rings (SSSR count). The zero-order valence-corrected chi connectivity index (χ0v) is 15.7. The smallest absolute Gasteiger partial charge is 0.193 e. The van der Waals surface area contributed by atoms with Gasteiger partial charge in [-0.1, -0.05) is 109 Å². The monoisotopic (exact) mass is 368 g/mol. The lowest BCUT2D eigenvalue weighted by molar-refractivity contribution is 0.103. The van der Waals surface area contributed by atoms with Crippen LogP contribution in [0.25, 0.3) is 0 Å². The second kappa shape index (κ2) is 10.1. The molecule has 0 fully saturated rings. The topological polar surface area (TPSA) is 17.1 Å². The molecule has 0 spiro atoms. The Morgan fingerprint density at radius 1 is 0.444 bits per heavy atom. The second-order valence-corrected chi connectivity index (χ2v) is 6.94. The number of ketones is 1. The fourth-order valence-corrected chi connectivity index (χ4v) is 3.32. The third-order valence-electron chi connectivity index (χ3n) is 3.79. The van der Waals surface area contributed by atoms with E-state index in [1.165, 1.54) is 9.79 Å². The normalized spacial score (nSPS) is 9.78. The summed E-state index contributed by atoms with van der Waals surface area (Å²) in [5.41, 5.74) is 1.47. The number of hydrogen-bond acceptors (Lipinski definition) is 2. The number of rotatable bonds is 4. The van der Waals surface area contributed by atoms with Gasteiger partial charge in [-0.25, -0.2) is 0 Å². The molecule has 0 aliphatic carbocycles. The molecule has 0 radical (unpaired) electrons. The molecule has 0 aliphatic rings. The van der Waals surface area contributed by atoms with Gasteiger partial charge in [-0.15, -0.1) is 0 Å². The average Bonchev–Trinajstić information content (AvgIpc) is 2.76. The summed E-state index contributed by atoms with van der Waals surface area (Å²) in [5, 5.41) is 0. The van der Waals surface area contributed by atoms with Crippen molar-refractivity contribution in [3.63, 3.8) is 0 Å². The third-order valence-corrected chi connectivity index (χ3v) is 4.81. The van der Waals surface area contributed by atoms with Crippen LogP contribution in [0.1, 0.15) is 15.9 Å². The van der Waals surface area contributed by atoms with Gasteiger partial charge in [0.25, 0.3) is 0 Å². The van der Waals surface area contributed by atoms with Gasteiger partial charge in [-0.05, 0) is 24.3 Å². The highest BCUT2D eigenvalue weighted by atomic mass is 32.2. The molecule has 4 aromatic rings. The largest absolute Gasteiger partial charge is 0.289 e. The Kier molecular flexibility index (Phi) is 7.02. The van der Waals surface area contributed by atoms with E-state index in [9.17, 15) is 4.79 Å². The minimum absolute atomic E-state index is 0.0752. The van der Waals surface area contributed by atoms with Crippen LogP contribution in [0.5, 0.6) is 0 Å². The number of carbonyl (C=O) groups is 1. The lowest BCUT2D eigenvalue weighted by atomic mass is 10.0. The van der Waals surface area contributed by atoms with Crippen LogP contribution in [0, 0.1) is 0 Å². The number of hydrogen-bond donors (Lipinski definition) is 0. The molecule has 0 saturated heterocycles. The van der Waals surface area contributed by atoms with Crippen LogP contribution in [0.3, 0.4) is 0 Å². The Morgan fingerprint density at radius 3 is 1.07 bits per heavy atom. The van der Waals surface area contributed by atoms with Crippen molar-refractivity contribution in [3.05, 3.63) is 132 Å². The van der Waals surface area contributed by atoms with Gasteiger partial charge in [0.15, 0.2) is 5.78 Å². The van der Waals surface area contributed by atoms with Crippen molar-refractivity contribution in [3.8, 4) is 0 Å². The highest BCUT2D eigenvalue weighted by Gasteiger charge is 2.06. The van der Waals surface area contributed by atoms with E-state index in [1.807, 2.05) is 72.8 Å². The van der Waals surface area contributed by atoms with Crippen LogP contribution in [0.15, 0.2) is 131 Å². The molecule has 0 aromatic heterocycles. The van der Waals surface area contributed by atoms with E-state index in [0.717, 1.165) is 11.1 Å². The van der Waals surface area contributed by atoms with E-state index in [-0.39, 0.29) is 5.78 Å². The van der Waals surface area contributed by atoms with Gasteiger partial charge in [0, 0.05) is 20.9 Å². The number of benzene rings is 4. The van der Waals surface area contributed by atoms with Gasteiger partial charge < -0.3 is 0 Å². The molecule has 0 aliphatic heterocycles. The highest BCUT2D eigenvalue weighted by Crippen LogP contribution is 2.26. The summed E-state index contributed by atoms with van der Waals surface area (Å²) >= 11 is 1.79. The van der Waals surface area contributed by atoms with Crippen LogP contribution in [0.4, 0.5) is 0 Å². The van der Waals surface area contributed by atoms with Crippen molar-refractivity contribution >= 4 is 17.5 Å². The van der Waals surface area contributed by atoms with E-state index in [4.69, 9.17) is 0 Å². The Hall–Kier alpha value is -3.10. The van der Waals surface area contributed by atoms with E-state index in [2.05, 4.69) is 48.5 Å². The van der Waals surface area contributed by atoms with Crippen molar-refractivity contribution < 1.29 is 4.79 Å². The maximum absolute atomic E-state index is 11.8. The lowest BCUT2D eigenvalue weighted by Crippen LogP contribution is -1.99. The van der Waals surface area contributed by atoms with Crippen molar-refractivity contribution in [2.75, 3.05) is 0 Å². The fraction of sp³-hybridized carbons (Fsp3) is 0. The molecule has 132 valence electrons. The van der Waals surface area contributed by atoms with E-state index in [1.54, 1.807) is 11.8 Å². The first-order chi connectivity index (χ1) is 13.3. The Morgan fingerprint density at radius 2 is 0.741 bits per heavy atom. The predicted octanol–water partition coefficient (Wildman–Crippen LogP) is 6.76. The molecule has 0 N–H and O–H groups in total. The zero-order chi connectivity index (χ0) is 18.7. The predicted molar refractivity (Wildman–Crippen MR) is 113 cm³/mol. The van der Waals surface area contributed by atoms with Crippen molar-refractivity contribution in [2.45, 2.75) is 9.79 Å². The molecular weight excluding hydrogens is 348 g/mol. The third kappa shape index (κ3) is 5.98. The minimum atomic E-state index is 0.0752. The van der Waals surface area contributed by atoms with Crippen molar-refractivity contribution in [2.24, 2.45) is 0 Å². The van der Waals surface area contributed by atoms with E-state index >= 15 is 0 Å². The van der Waals surface area contributed by atoms with Gasteiger partial charge in [0.2, 0.25) is 0 Å². The summed E-state index contributed by atoms with van der Waals surface area (Å²) in [6.07, 6.45) is 0. The quantitative estimate of drug-likeness (QED) is 0.370. The molecule has 1 nitrogen and oxygen atoms in total. The molecule has 0 unspecified atom stereocenters. The summed E-state index contributed by atoms with van der Waals surface area (Å²) in [6.45, 7) is 0. The van der Waals surface area contributed by atoms with Crippen LogP contribution in [0.2, 0.25) is 0 Å². The van der Waals surface area contributed by atoms with Crippen molar-refractivity contribution in [1.82, 2.24) is 0 Å². The fourth-order valence-electron chi connectivity index (χ4n) is 2.46. The minimum Gasteiger partial charge on any atom is -0.289 e. The van der Waals surface area contributed by atoms with Gasteiger partial charge in [0.05, 0.1) is 0 Å². The van der Waals surface area contributed by atoms with Gasteiger partial charge in [-0.2, -0.15) is 0 Å². The molecule has 0 atom stereocenters. The SMILES string of the molecule is O=C(c1ccccc1)c1ccccc1.c1ccc(Sc2ccccc2)cc1. The molecule has 0 heterocycles. The van der Waals surface area contributed by atoms with Gasteiger partial charge >= 0.3 is 0 Å². The Labute approximate surface area is 164 Å². The van der Waals surface area contributed by atoms with Crippen molar-refractivity contribution in [1.29, 1.82) is 0 Å². The summed E-state index contributed by atoms with van der Waals surface area (Å²) in [7, 11) is 0. The van der Waals surface area contributed by atoms with Crippen LogP contribution in [-0.2, 0) is 0 Å². The Balaban J connectivity index is 0.000000156. The first-order valence-corrected chi connectivity index (χ1v) is 9.57. The highest BCUT2D eigenvalue weighted by molar-refractivity contribution is 7.99. The van der Waals surface area contributed by atoms with Crippen LogP contribution >= 0.6 is 11.8 Å². The number of carbonyl (C=O) groups excluding carboxylic acids is 1. The van der Waals surface area contributed by atoms with Gasteiger partial charge in [0.1, 0.15) is 0 Å². The summed E-state index contributed by atoms with van der Waals surface area (Å²) in [4.78, 5) is 14.4. The first kappa shape index (κ1) is 18.7. The molecule has 0 bridgehead atoms. The molecule has 2 heteroatoms. The zero-order valence-electron chi connectivity index (χ0n) is 14.9. The molecule has 4 aromatic carbocycles. The Bertz CT molecular complexity index is 857. The standard InChI is InChI=1S/C13H10O.C12H10S/c14-13(11-7-3-1-4-8-11)12-9-5-2-6-10-12;1-3-7-11(8-4-1)13-12-9-5-2-6-10-12/h1-10H;1-10H. The maximum atomic E-state index is 11.8. The molecule has 0 saturated carbocycles. The van der Waals surface area contributed by atoms with E-state index in [0.29, 0.717) is 0 Å². The van der Waals surface area contributed by atoms with Crippen LogP contribution in [-0.4, -0.2) is 5.78 Å². The lowest BCUT2D eigenvalue weighted by Gasteiger charge is -1.99.